The number of hydrogen-bond donors (Lipinski definition) is 1. The van der Waals surface area contributed by atoms with Crippen LogP contribution in [0.4, 0.5) is 16.0 Å². The summed E-state index contributed by atoms with van der Waals surface area (Å²) >= 11 is 0. The number of ether oxygens (including phenoxy) is 1. The summed E-state index contributed by atoms with van der Waals surface area (Å²) in [6.45, 7) is 2.77. The molecule has 0 fully saturated rings. The van der Waals surface area contributed by atoms with E-state index in [2.05, 4.69) is 20.3 Å². The highest BCUT2D eigenvalue weighted by molar-refractivity contribution is 5.79. The molecule has 4 aromatic rings. The van der Waals surface area contributed by atoms with Crippen LogP contribution in [0.25, 0.3) is 22.4 Å². The van der Waals surface area contributed by atoms with Crippen molar-refractivity contribution < 1.29 is 9.13 Å². The molecule has 0 atom stereocenters. The molecule has 2 aromatic heterocycles. The van der Waals surface area contributed by atoms with E-state index in [0.29, 0.717) is 36.1 Å². The number of aromatic nitrogens is 4. The first-order chi connectivity index (χ1) is 15.0. The van der Waals surface area contributed by atoms with E-state index in [-0.39, 0.29) is 5.82 Å². The number of halogens is 1. The molecule has 0 aliphatic rings. The quantitative estimate of drug-likeness (QED) is 0.479. The average molecular weight is 418 g/mol. The Bertz CT molecular complexity index is 1180. The Morgan fingerprint density at radius 2 is 1.71 bits per heavy atom. The first kappa shape index (κ1) is 20.5. The van der Waals surface area contributed by atoms with Crippen molar-refractivity contribution in [1.29, 1.82) is 0 Å². The van der Waals surface area contributed by atoms with Gasteiger partial charge in [0.1, 0.15) is 5.82 Å². The van der Waals surface area contributed by atoms with Crippen LogP contribution >= 0.6 is 0 Å². The van der Waals surface area contributed by atoms with Gasteiger partial charge in [-0.25, -0.2) is 14.4 Å². The van der Waals surface area contributed by atoms with Gasteiger partial charge in [0.2, 0.25) is 11.8 Å². The Morgan fingerprint density at radius 3 is 2.39 bits per heavy atom. The minimum atomic E-state index is -0.272. The van der Waals surface area contributed by atoms with E-state index in [1.165, 1.54) is 12.1 Å². The summed E-state index contributed by atoms with van der Waals surface area (Å²) in [6.07, 6.45) is 1.69. The second-order valence-corrected chi connectivity index (χ2v) is 7.13. The number of nitrogens with one attached hydrogen (secondary N) is 1. The van der Waals surface area contributed by atoms with Gasteiger partial charge in [-0.15, -0.1) is 0 Å². The predicted octanol–water partition coefficient (Wildman–Crippen LogP) is 4.30. The molecule has 1 N–H and O–H groups in total. The summed E-state index contributed by atoms with van der Waals surface area (Å²) in [5.74, 6) is 0.470. The molecule has 0 bridgehead atoms. The summed E-state index contributed by atoms with van der Waals surface area (Å²) in [5, 5.41) is 3.14. The Kier molecular flexibility index (Phi) is 5.88. The minimum absolute atomic E-state index is 0.272. The van der Waals surface area contributed by atoms with E-state index >= 15 is 0 Å². The molecule has 31 heavy (non-hydrogen) atoms. The monoisotopic (exact) mass is 418 g/mol. The second-order valence-electron chi connectivity index (χ2n) is 7.13. The van der Waals surface area contributed by atoms with Crippen molar-refractivity contribution in [2.24, 2.45) is 0 Å². The molecule has 2 aromatic carbocycles. The van der Waals surface area contributed by atoms with Crippen molar-refractivity contribution in [1.82, 2.24) is 19.9 Å². The third-order valence-electron chi connectivity index (χ3n) is 4.70. The maximum atomic E-state index is 13.1. The van der Waals surface area contributed by atoms with E-state index in [1.54, 1.807) is 18.3 Å². The van der Waals surface area contributed by atoms with E-state index in [4.69, 9.17) is 9.72 Å². The van der Waals surface area contributed by atoms with Crippen molar-refractivity contribution in [3.8, 4) is 17.1 Å². The van der Waals surface area contributed by atoms with E-state index in [1.807, 2.05) is 50.2 Å². The van der Waals surface area contributed by atoms with Crippen molar-refractivity contribution >= 4 is 22.8 Å². The number of benzene rings is 2. The van der Waals surface area contributed by atoms with Gasteiger partial charge in [-0.05, 0) is 36.8 Å². The molecule has 4 rings (SSSR count). The molecule has 0 saturated heterocycles. The molecular weight excluding hydrogens is 395 g/mol. The van der Waals surface area contributed by atoms with Gasteiger partial charge in [-0.1, -0.05) is 24.3 Å². The first-order valence-electron chi connectivity index (χ1n) is 9.97. The van der Waals surface area contributed by atoms with Crippen molar-refractivity contribution in [3.63, 3.8) is 0 Å². The lowest BCUT2D eigenvalue weighted by Crippen LogP contribution is -2.08. The Hall–Kier alpha value is -3.81. The Morgan fingerprint density at radius 1 is 0.968 bits per heavy atom. The van der Waals surface area contributed by atoms with Crippen LogP contribution in [0, 0.1) is 5.82 Å². The topological polar surface area (TPSA) is 76.1 Å². The summed E-state index contributed by atoms with van der Waals surface area (Å²) in [4.78, 5) is 20.2. The average Bonchev–Trinajstić information content (AvgIpc) is 2.79. The highest BCUT2D eigenvalue weighted by Gasteiger charge is 2.13. The predicted molar refractivity (Wildman–Crippen MR) is 120 cm³/mol. The molecule has 0 spiro atoms. The number of nitrogens with zero attached hydrogens (tertiary/aromatic N) is 5. The number of hydrogen-bond acceptors (Lipinski definition) is 7. The molecular formula is C23H23FN6O. The van der Waals surface area contributed by atoms with E-state index < -0.39 is 0 Å². The van der Waals surface area contributed by atoms with Crippen LogP contribution < -0.4 is 15.0 Å². The third kappa shape index (κ3) is 4.69. The zero-order chi connectivity index (χ0) is 21.8. The highest BCUT2D eigenvalue weighted by atomic mass is 19.1. The second kappa shape index (κ2) is 8.91. The molecule has 0 radical (unpaired) electrons. The highest BCUT2D eigenvalue weighted by Crippen LogP contribution is 2.26. The zero-order valence-corrected chi connectivity index (χ0v) is 17.6. The van der Waals surface area contributed by atoms with Crippen LogP contribution in [0.5, 0.6) is 5.88 Å². The fourth-order valence-electron chi connectivity index (χ4n) is 3.05. The summed E-state index contributed by atoms with van der Waals surface area (Å²) < 4.78 is 18.8. The van der Waals surface area contributed by atoms with Gasteiger partial charge < -0.3 is 15.0 Å². The van der Waals surface area contributed by atoms with Crippen LogP contribution in [0.2, 0.25) is 0 Å². The van der Waals surface area contributed by atoms with Crippen LogP contribution in [0.1, 0.15) is 12.5 Å². The Balaban J connectivity index is 1.64. The van der Waals surface area contributed by atoms with Crippen LogP contribution in [-0.4, -0.2) is 40.6 Å². The van der Waals surface area contributed by atoms with Gasteiger partial charge in [0, 0.05) is 31.9 Å². The normalized spacial score (nSPS) is 10.8. The van der Waals surface area contributed by atoms with E-state index in [9.17, 15) is 4.39 Å². The van der Waals surface area contributed by atoms with Gasteiger partial charge in [0.15, 0.2) is 11.2 Å². The molecule has 0 saturated carbocycles. The molecule has 2 heterocycles. The Labute approximate surface area is 180 Å². The SMILES string of the molecule is CCOc1nc(NCc2ccc(F)cc2)nc2ncc(-c3ccc(N(C)C)cc3)nc12. The zero-order valence-electron chi connectivity index (χ0n) is 17.6. The lowest BCUT2D eigenvalue weighted by molar-refractivity contribution is 0.330. The lowest BCUT2D eigenvalue weighted by atomic mass is 10.1. The van der Waals surface area contributed by atoms with Crippen molar-refractivity contribution in [3.05, 3.63) is 66.1 Å². The van der Waals surface area contributed by atoms with Crippen LogP contribution in [0.15, 0.2) is 54.7 Å². The molecule has 8 heteroatoms. The number of rotatable bonds is 7. The molecule has 0 amide bonds. The van der Waals surface area contributed by atoms with Crippen LogP contribution in [0.3, 0.4) is 0 Å². The molecule has 0 aliphatic heterocycles. The summed E-state index contributed by atoms with van der Waals surface area (Å²) in [5.41, 5.74) is 4.62. The molecule has 158 valence electrons. The lowest BCUT2D eigenvalue weighted by Gasteiger charge is -2.13. The van der Waals surface area contributed by atoms with E-state index in [0.717, 1.165) is 22.5 Å². The molecule has 0 aliphatic carbocycles. The fraction of sp³-hybridized carbons (Fsp3) is 0.217. The maximum Gasteiger partial charge on any atom is 0.247 e. The van der Waals surface area contributed by atoms with Gasteiger partial charge >= 0.3 is 0 Å². The summed E-state index contributed by atoms with van der Waals surface area (Å²) in [7, 11) is 4.00. The van der Waals surface area contributed by atoms with Gasteiger partial charge in [-0.2, -0.15) is 9.97 Å². The van der Waals surface area contributed by atoms with Gasteiger partial charge in [-0.3, -0.25) is 0 Å². The van der Waals surface area contributed by atoms with Crippen LogP contribution in [-0.2, 0) is 6.54 Å². The maximum absolute atomic E-state index is 13.1. The number of fused-ring (bicyclic) bond motifs is 1. The van der Waals surface area contributed by atoms with Crippen molar-refractivity contribution in [2.45, 2.75) is 13.5 Å². The summed E-state index contributed by atoms with van der Waals surface area (Å²) in [6, 6.07) is 14.3. The molecule has 0 unspecified atom stereocenters. The van der Waals surface area contributed by atoms with Crippen molar-refractivity contribution in [2.75, 3.05) is 30.9 Å². The standard InChI is InChI=1S/C23H23FN6O/c1-4-31-22-20-21(28-23(29-22)26-13-15-5-9-17(24)10-6-15)25-14-19(27-20)16-7-11-18(12-8-16)30(2)3/h5-12,14H,4,13H2,1-3H3,(H,25,26,28,29). The van der Waals surface area contributed by atoms with Gasteiger partial charge in [0.25, 0.3) is 0 Å². The largest absolute Gasteiger partial charge is 0.476 e. The third-order valence-corrected chi connectivity index (χ3v) is 4.70. The fourth-order valence-corrected chi connectivity index (χ4v) is 3.05. The minimum Gasteiger partial charge on any atom is -0.476 e. The number of anilines is 2. The molecule has 7 nitrogen and oxygen atoms in total. The first-order valence-corrected chi connectivity index (χ1v) is 9.97. The smallest absolute Gasteiger partial charge is 0.247 e. The van der Waals surface area contributed by atoms with Gasteiger partial charge in [0.05, 0.1) is 18.5 Å².